The van der Waals surface area contributed by atoms with Gasteiger partial charge in [-0.25, -0.2) is 0 Å². The molecule has 39 heavy (non-hydrogen) atoms. The van der Waals surface area contributed by atoms with Crippen molar-refractivity contribution in [2.75, 3.05) is 26.1 Å². The topological polar surface area (TPSA) is 66.9 Å². The molecule has 5 rings (SSSR count). The number of aliphatic hydroxyl groups excluding tert-OH is 1. The van der Waals surface area contributed by atoms with Gasteiger partial charge < -0.3 is 19.9 Å². The van der Waals surface area contributed by atoms with Crippen LogP contribution in [0.3, 0.4) is 0 Å². The first-order valence-electron chi connectivity index (χ1n) is 12.3. The number of fused-ring (bicyclic) bond motifs is 2. The number of hydrogen-bond acceptors (Lipinski definition) is 6. The predicted octanol–water partition coefficient (Wildman–Crippen LogP) is 6.59. The van der Waals surface area contributed by atoms with Gasteiger partial charge in [-0.1, -0.05) is 29.8 Å². The molecular formula is C29H27ClF3N3O3. The zero-order chi connectivity index (χ0) is 27.7. The number of methoxy groups -OCH3 is 2. The van der Waals surface area contributed by atoms with E-state index in [2.05, 4.69) is 15.2 Å². The molecule has 4 aromatic rings. The van der Waals surface area contributed by atoms with E-state index in [1.165, 1.54) is 12.1 Å². The van der Waals surface area contributed by atoms with E-state index in [0.29, 0.717) is 36.6 Å². The van der Waals surface area contributed by atoms with Gasteiger partial charge in [-0.2, -0.15) is 13.2 Å². The normalized spacial score (nSPS) is 14.6. The maximum absolute atomic E-state index is 13.3. The summed E-state index contributed by atoms with van der Waals surface area (Å²) in [5.74, 6) is 1.26. The molecule has 2 N–H and O–H groups in total. The van der Waals surface area contributed by atoms with Crippen molar-refractivity contribution >= 4 is 28.2 Å². The fourth-order valence-corrected chi connectivity index (χ4v) is 5.29. The molecule has 0 fully saturated rings. The van der Waals surface area contributed by atoms with Crippen molar-refractivity contribution in [3.63, 3.8) is 0 Å². The summed E-state index contributed by atoms with van der Waals surface area (Å²) in [6, 6.07) is 15.0. The molecule has 0 bridgehead atoms. The molecule has 1 aromatic heterocycles. The van der Waals surface area contributed by atoms with Gasteiger partial charge in [-0.05, 0) is 53.4 Å². The summed E-state index contributed by atoms with van der Waals surface area (Å²) in [4.78, 5) is 6.80. The van der Waals surface area contributed by atoms with Crippen molar-refractivity contribution in [2.45, 2.75) is 31.9 Å². The summed E-state index contributed by atoms with van der Waals surface area (Å²) in [5.41, 5.74) is 3.79. The van der Waals surface area contributed by atoms with Crippen LogP contribution in [-0.4, -0.2) is 35.8 Å². The Morgan fingerprint density at radius 2 is 1.85 bits per heavy atom. The SMILES string of the molecule is COc1cc2nccc(CN3CCc4c(cccc4C(O)Nc4ccc(Cl)c(C(F)(F)F)c4)C3)c2cc1OC. The van der Waals surface area contributed by atoms with Crippen LogP contribution in [0.25, 0.3) is 10.9 Å². The van der Waals surface area contributed by atoms with Gasteiger partial charge in [0.05, 0.1) is 30.3 Å². The average Bonchev–Trinajstić information content (AvgIpc) is 2.92. The van der Waals surface area contributed by atoms with Crippen LogP contribution in [0.15, 0.2) is 60.8 Å². The maximum atomic E-state index is 13.3. The number of aromatic nitrogens is 1. The lowest BCUT2D eigenvalue weighted by Gasteiger charge is -2.31. The van der Waals surface area contributed by atoms with Crippen molar-refractivity contribution in [3.05, 3.63) is 93.6 Å². The lowest BCUT2D eigenvalue weighted by Crippen LogP contribution is -2.31. The van der Waals surface area contributed by atoms with E-state index in [1.54, 1.807) is 26.5 Å². The van der Waals surface area contributed by atoms with Crippen LogP contribution in [0.1, 0.15) is 34.0 Å². The summed E-state index contributed by atoms with van der Waals surface area (Å²) < 4.78 is 50.7. The largest absolute Gasteiger partial charge is 0.493 e. The molecule has 2 heterocycles. The lowest BCUT2D eigenvalue weighted by atomic mass is 9.93. The first kappa shape index (κ1) is 27.1. The fourth-order valence-electron chi connectivity index (χ4n) is 5.06. The Morgan fingerprint density at radius 3 is 2.59 bits per heavy atom. The van der Waals surface area contributed by atoms with E-state index in [9.17, 15) is 18.3 Å². The molecule has 1 atom stereocenters. The molecule has 3 aromatic carbocycles. The molecule has 0 saturated heterocycles. The number of anilines is 1. The molecule has 1 aliphatic rings. The molecule has 1 aliphatic heterocycles. The standard InChI is InChI=1S/C29H27ClF3N3O3/c1-38-26-13-22-18(8-10-34-25(22)14-27(26)39-2)16-36-11-9-20-17(15-36)4-3-5-21(20)28(37)35-19-6-7-24(30)23(12-19)29(31,32)33/h3-8,10,12-14,28,35,37H,9,11,15-16H2,1-2H3. The third kappa shape index (κ3) is 5.61. The van der Waals surface area contributed by atoms with Gasteiger partial charge in [0.15, 0.2) is 17.7 Å². The Labute approximate surface area is 228 Å². The molecule has 0 aliphatic carbocycles. The molecule has 1 unspecified atom stereocenters. The minimum atomic E-state index is -4.59. The Kier molecular flexibility index (Phi) is 7.57. The van der Waals surface area contributed by atoms with Gasteiger partial charge in [0.1, 0.15) is 0 Å². The lowest BCUT2D eigenvalue weighted by molar-refractivity contribution is -0.137. The van der Waals surface area contributed by atoms with E-state index < -0.39 is 18.0 Å². The van der Waals surface area contributed by atoms with Gasteiger partial charge >= 0.3 is 6.18 Å². The summed E-state index contributed by atoms with van der Waals surface area (Å²) in [6.07, 6.45) is -3.31. The highest BCUT2D eigenvalue weighted by Gasteiger charge is 2.33. The molecule has 6 nitrogen and oxygen atoms in total. The second-order valence-corrected chi connectivity index (χ2v) is 9.79. The van der Waals surface area contributed by atoms with Crippen LogP contribution in [0.4, 0.5) is 18.9 Å². The zero-order valence-electron chi connectivity index (χ0n) is 21.3. The van der Waals surface area contributed by atoms with E-state index in [1.807, 2.05) is 30.3 Å². The molecule has 0 radical (unpaired) electrons. The summed E-state index contributed by atoms with van der Waals surface area (Å²) >= 11 is 5.73. The van der Waals surface area contributed by atoms with Crippen molar-refractivity contribution < 1.29 is 27.8 Å². The smallest absolute Gasteiger partial charge is 0.417 e. The predicted molar refractivity (Wildman–Crippen MR) is 144 cm³/mol. The van der Waals surface area contributed by atoms with E-state index in [-0.39, 0.29) is 10.7 Å². The number of benzene rings is 3. The summed E-state index contributed by atoms with van der Waals surface area (Å²) in [7, 11) is 3.19. The number of nitrogens with one attached hydrogen (secondary N) is 1. The van der Waals surface area contributed by atoms with Crippen molar-refractivity contribution in [1.82, 2.24) is 9.88 Å². The Balaban J connectivity index is 1.35. The van der Waals surface area contributed by atoms with Gasteiger partial charge in [-0.15, -0.1) is 0 Å². The quantitative estimate of drug-likeness (QED) is 0.250. The van der Waals surface area contributed by atoms with E-state index >= 15 is 0 Å². The van der Waals surface area contributed by atoms with Crippen LogP contribution in [0.2, 0.25) is 5.02 Å². The number of alkyl halides is 3. The summed E-state index contributed by atoms with van der Waals surface area (Å²) in [5, 5.41) is 14.3. The molecule has 204 valence electrons. The molecule has 0 spiro atoms. The third-order valence-corrected chi connectivity index (χ3v) is 7.31. The molecule has 10 heteroatoms. The van der Waals surface area contributed by atoms with Crippen molar-refractivity contribution in [2.24, 2.45) is 0 Å². The van der Waals surface area contributed by atoms with Crippen LogP contribution in [0, 0.1) is 0 Å². The summed E-state index contributed by atoms with van der Waals surface area (Å²) in [6.45, 7) is 2.09. The zero-order valence-corrected chi connectivity index (χ0v) is 22.1. The van der Waals surface area contributed by atoms with Crippen molar-refractivity contribution in [3.8, 4) is 11.5 Å². The Bertz CT molecular complexity index is 1510. The minimum Gasteiger partial charge on any atom is -0.493 e. The van der Waals surface area contributed by atoms with Gasteiger partial charge in [0.25, 0.3) is 0 Å². The minimum absolute atomic E-state index is 0.130. The Hall–Kier alpha value is -3.53. The van der Waals surface area contributed by atoms with Crippen LogP contribution in [-0.2, 0) is 25.7 Å². The van der Waals surface area contributed by atoms with E-state index in [0.717, 1.165) is 40.2 Å². The molecular weight excluding hydrogens is 531 g/mol. The first-order chi connectivity index (χ1) is 18.7. The second kappa shape index (κ2) is 10.9. The molecule has 0 amide bonds. The number of aliphatic hydroxyl groups is 1. The second-order valence-electron chi connectivity index (χ2n) is 9.38. The third-order valence-electron chi connectivity index (χ3n) is 6.98. The van der Waals surface area contributed by atoms with Gasteiger partial charge in [-0.3, -0.25) is 9.88 Å². The molecule has 0 saturated carbocycles. The van der Waals surface area contributed by atoms with Gasteiger partial charge in [0.2, 0.25) is 0 Å². The first-order valence-corrected chi connectivity index (χ1v) is 12.7. The van der Waals surface area contributed by atoms with Crippen LogP contribution in [0.5, 0.6) is 11.5 Å². The number of halogens is 4. The average molecular weight is 558 g/mol. The van der Waals surface area contributed by atoms with Crippen LogP contribution >= 0.6 is 11.6 Å². The van der Waals surface area contributed by atoms with Gasteiger partial charge in [0, 0.05) is 48.5 Å². The highest BCUT2D eigenvalue weighted by atomic mass is 35.5. The number of rotatable bonds is 7. The van der Waals surface area contributed by atoms with Crippen molar-refractivity contribution in [1.29, 1.82) is 0 Å². The Morgan fingerprint density at radius 1 is 1.08 bits per heavy atom. The number of nitrogens with zero attached hydrogens (tertiary/aromatic N) is 2. The number of hydrogen-bond donors (Lipinski definition) is 2. The van der Waals surface area contributed by atoms with Crippen LogP contribution < -0.4 is 14.8 Å². The highest BCUT2D eigenvalue weighted by molar-refractivity contribution is 6.31. The number of pyridine rings is 1. The number of ether oxygens (including phenoxy) is 2. The monoisotopic (exact) mass is 557 g/mol. The van der Waals surface area contributed by atoms with E-state index in [4.69, 9.17) is 21.1 Å². The fraction of sp³-hybridized carbons (Fsp3) is 0.276. The maximum Gasteiger partial charge on any atom is 0.417 e. The highest BCUT2D eigenvalue weighted by Crippen LogP contribution is 2.37.